The number of carboxylic acids is 1. The van der Waals surface area contributed by atoms with Crippen LogP contribution in [0.1, 0.15) is 26.2 Å². The smallest absolute Gasteiger partial charge is 0.303 e. The summed E-state index contributed by atoms with van der Waals surface area (Å²) in [7, 11) is -1.98. The van der Waals surface area contributed by atoms with Gasteiger partial charge in [-0.25, -0.2) is 13.1 Å². The van der Waals surface area contributed by atoms with Gasteiger partial charge in [0.25, 0.3) is 10.0 Å². The average Bonchev–Trinajstić information content (AvgIpc) is 2.73. The molecule has 7 nitrogen and oxygen atoms in total. The van der Waals surface area contributed by atoms with Gasteiger partial charge in [0.05, 0.1) is 6.20 Å². The van der Waals surface area contributed by atoms with Crippen molar-refractivity contribution >= 4 is 16.0 Å². The molecule has 108 valence electrons. The lowest BCUT2D eigenvalue weighted by atomic mass is 10.0. The van der Waals surface area contributed by atoms with E-state index in [1.165, 1.54) is 16.9 Å². The summed E-state index contributed by atoms with van der Waals surface area (Å²) in [5.41, 5.74) is 0. The third-order valence-electron chi connectivity index (χ3n) is 2.83. The number of nitrogens with zero attached hydrogens (tertiary/aromatic N) is 2. The number of carboxylic acid groups (broad SMARTS) is 1. The van der Waals surface area contributed by atoms with Crippen molar-refractivity contribution in [2.24, 2.45) is 13.0 Å². The molecular weight excluding hydrogens is 270 g/mol. The van der Waals surface area contributed by atoms with Crippen LogP contribution in [0, 0.1) is 5.92 Å². The highest BCUT2D eigenvalue weighted by molar-refractivity contribution is 7.89. The van der Waals surface area contributed by atoms with Gasteiger partial charge in [0.15, 0.2) is 5.03 Å². The summed E-state index contributed by atoms with van der Waals surface area (Å²) in [5.74, 6) is -0.673. The van der Waals surface area contributed by atoms with E-state index in [1.807, 2.05) is 6.92 Å². The predicted molar refractivity (Wildman–Crippen MR) is 69.0 cm³/mol. The first-order valence-electron chi connectivity index (χ1n) is 6.02. The summed E-state index contributed by atoms with van der Waals surface area (Å²) >= 11 is 0. The highest BCUT2D eigenvalue weighted by Crippen LogP contribution is 2.11. The van der Waals surface area contributed by atoms with Crippen molar-refractivity contribution in [3.05, 3.63) is 12.3 Å². The maximum atomic E-state index is 11.9. The molecule has 0 bridgehead atoms. The monoisotopic (exact) mass is 289 g/mol. The van der Waals surface area contributed by atoms with Gasteiger partial charge in [-0.3, -0.25) is 9.48 Å². The van der Waals surface area contributed by atoms with E-state index in [1.54, 1.807) is 7.05 Å². The van der Waals surface area contributed by atoms with Crippen molar-refractivity contribution in [1.82, 2.24) is 14.5 Å². The van der Waals surface area contributed by atoms with Crippen molar-refractivity contribution in [1.29, 1.82) is 0 Å². The standard InChI is InChI=1S/C11H19N3O4S/c1-9(3-4-11(15)16)5-8-13-19(17,18)10-6-7-12-14(10)2/h6-7,9,13H,3-5,8H2,1-2H3,(H,15,16). The zero-order valence-corrected chi connectivity index (χ0v) is 11.9. The molecule has 0 aliphatic heterocycles. The molecule has 0 amide bonds. The summed E-state index contributed by atoms with van der Waals surface area (Å²) in [4.78, 5) is 10.4. The molecule has 1 rings (SSSR count). The van der Waals surface area contributed by atoms with Gasteiger partial charge in [0, 0.05) is 20.0 Å². The zero-order chi connectivity index (χ0) is 14.5. The molecule has 0 aromatic carbocycles. The minimum atomic E-state index is -3.54. The Bertz CT molecular complexity index is 524. The molecule has 0 saturated heterocycles. The van der Waals surface area contributed by atoms with E-state index in [2.05, 4.69) is 9.82 Å². The van der Waals surface area contributed by atoms with E-state index in [9.17, 15) is 13.2 Å². The normalized spacial score (nSPS) is 13.4. The lowest BCUT2D eigenvalue weighted by molar-refractivity contribution is -0.137. The number of aliphatic carboxylic acids is 1. The van der Waals surface area contributed by atoms with E-state index in [0.717, 1.165) is 0 Å². The first-order chi connectivity index (χ1) is 8.83. The van der Waals surface area contributed by atoms with Crippen molar-refractivity contribution < 1.29 is 18.3 Å². The molecule has 1 atom stereocenters. The number of hydrogen-bond donors (Lipinski definition) is 2. The van der Waals surface area contributed by atoms with E-state index in [-0.39, 0.29) is 23.9 Å². The lowest BCUT2D eigenvalue weighted by Gasteiger charge is -2.11. The van der Waals surface area contributed by atoms with Crippen LogP contribution in [-0.4, -0.2) is 35.8 Å². The van der Waals surface area contributed by atoms with Gasteiger partial charge in [0.1, 0.15) is 0 Å². The van der Waals surface area contributed by atoms with Crippen LogP contribution in [0.3, 0.4) is 0 Å². The molecule has 2 N–H and O–H groups in total. The maximum absolute atomic E-state index is 11.9. The van der Waals surface area contributed by atoms with Crippen LogP contribution in [0.4, 0.5) is 0 Å². The van der Waals surface area contributed by atoms with Crippen molar-refractivity contribution in [3.63, 3.8) is 0 Å². The number of sulfonamides is 1. The molecular formula is C11H19N3O4S. The van der Waals surface area contributed by atoms with E-state index < -0.39 is 16.0 Å². The fourth-order valence-electron chi connectivity index (χ4n) is 1.65. The van der Waals surface area contributed by atoms with Crippen LogP contribution in [0.2, 0.25) is 0 Å². The van der Waals surface area contributed by atoms with Gasteiger partial charge in [-0.05, 0) is 24.8 Å². The Morgan fingerprint density at radius 3 is 2.74 bits per heavy atom. The Morgan fingerprint density at radius 1 is 1.53 bits per heavy atom. The largest absolute Gasteiger partial charge is 0.481 e. The predicted octanol–water partition coefficient (Wildman–Crippen LogP) is 0.589. The van der Waals surface area contributed by atoms with Gasteiger partial charge in [0.2, 0.25) is 0 Å². The second-order valence-corrected chi connectivity index (χ2v) is 6.23. The second-order valence-electron chi connectivity index (χ2n) is 4.52. The number of hydrogen-bond acceptors (Lipinski definition) is 4. The first kappa shape index (κ1) is 15.6. The fourth-order valence-corrected chi connectivity index (χ4v) is 2.82. The quantitative estimate of drug-likeness (QED) is 0.729. The number of aryl methyl sites for hydroxylation is 1. The third kappa shape index (κ3) is 4.99. The number of carbonyl (C=O) groups is 1. The molecule has 1 aromatic heterocycles. The molecule has 1 heterocycles. The van der Waals surface area contributed by atoms with E-state index >= 15 is 0 Å². The molecule has 19 heavy (non-hydrogen) atoms. The molecule has 0 radical (unpaired) electrons. The van der Waals surface area contributed by atoms with Gasteiger partial charge < -0.3 is 5.11 Å². The fraction of sp³-hybridized carbons (Fsp3) is 0.636. The topological polar surface area (TPSA) is 101 Å². The Balaban J connectivity index is 2.41. The highest BCUT2D eigenvalue weighted by atomic mass is 32.2. The van der Waals surface area contributed by atoms with E-state index in [0.29, 0.717) is 12.8 Å². The zero-order valence-electron chi connectivity index (χ0n) is 11.0. The molecule has 0 spiro atoms. The van der Waals surface area contributed by atoms with E-state index in [4.69, 9.17) is 5.11 Å². The van der Waals surface area contributed by atoms with Gasteiger partial charge >= 0.3 is 5.97 Å². The van der Waals surface area contributed by atoms with Crippen molar-refractivity contribution in [3.8, 4) is 0 Å². The molecule has 0 aliphatic rings. The number of nitrogens with one attached hydrogen (secondary N) is 1. The number of rotatable bonds is 8. The lowest BCUT2D eigenvalue weighted by Crippen LogP contribution is -2.27. The second kappa shape index (κ2) is 6.67. The van der Waals surface area contributed by atoms with Crippen LogP contribution < -0.4 is 4.72 Å². The van der Waals surface area contributed by atoms with Crippen molar-refractivity contribution in [2.75, 3.05) is 6.54 Å². The summed E-state index contributed by atoms with van der Waals surface area (Å²) in [5, 5.41) is 12.5. The minimum Gasteiger partial charge on any atom is -0.481 e. The SMILES string of the molecule is CC(CCNS(=O)(=O)c1ccnn1C)CCC(=O)O. The average molecular weight is 289 g/mol. The third-order valence-corrected chi connectivity index (χ3v) is 4.37. The molecule has 0 aliphatic carbocycles. The Hall–Kier alpha value is -1.41. The van der Waals surface area contributed by atoms with Gasteiger partial charge in [-0.15, -0.1) is 0 Å². The molecule has 0 fully saturated rings. The Kier molecular flexibility index (Phi) is 5.49. The van der Waals surface area contributed by atoms with Crippen LogP contribution in [0.5, 0.6) is 0 Å². The van der Waals surface area contributed by atoms with Crippen LogP contribution >= 0.6 is 0 Å². The molecule has 0 saturated carbocycles. The Labute approximate surface area is 112 Å². The van der Waals surface area contributed by atoms with Gasteiger partial charge in [-0.1, -0.05) is 6.92 Å². The summed E-state index contributed by atoms with van der Waals surface area (Å²) in [6.45, 7) is 2.19. The first-order valence-corrected chi connectivity index (χ1v) is 7.50. The summed E-state index contributed by atoms with van der Waals surface area (Å²) < 4.78 is 27.6. The van der Waals surface area contributed by atoms with Crippen LogP contribution in [0.25, 0.3) is 0 Å². The molecule has 1 aromatic rings. The summed E-state index contributed by atoms with van der Waals surface area (Å²) in [6, 6.07) is 1.43. The Morgan fingerprint density at radius 2 is 2.21 bits per heavy atom. The molecule has 8 heteroatoms. The van der Waals surface area contributed by atoms with Gasteiger partial charge in [-0.2, -0.15) is 5.10 Å². The summed E-state index contributed by atoms with van der Waals surface area (Å²) in [6.07, 6.45) is 2.67. The maximum Gasteiger partial charge on any atom is 0.303 e. The van der Waals surface area contributed by atoms with Crippen LogP contribution in [0.15, 0.2) is 17.3 Å². The highest BCUT2D eigenvalue weighted by Gasteiger charge is 2.17. The van der Waals surface area contributed by atoms with Crippen LogP contribution in [-0.2, 0) is 21.9 Å². The molecule has 1 unspecified atom stereocenters. The van der Waals surface area contributed by atoms with Crippen molar-refractivity contribution in [2.45, 2.75) is 31.2 Å². The minimum absolute atomic E-state index is 0.107. The number of aromatic nitrogens is 2.